The van der Waals surface area contributed by atoms with Gasteiger partial charge in [0.1, 0.15) is 19.0 Å². The fourth-order valence-electron chi connectivity index (χ4n) is 1.72. The van der Waals surface area contributed by atoms with Crippen LogP contribution in [0.2, 0.25) is 0 Å². The fraction of sp³-hybridized carbons (Fsp3) is 0.176. The Morgan fingerprint density at radius 3 is 1.70 bits per heavy atom. The first-order valence-electron chi connectivity index (χ1n) is 6.80. The van der Waals surface area contributed by atoms with E-state index < -0.39 is 11.9 Å². The minimum atomic E-state index is -1.02. The molecular weight excluding hydrogens is 364 g/mol. The molecule has 0 unspecified atom stereocenters. The van der Waals surface area contributed by atoms with Gasteiger partial charge in [0.15, 0.2) is 0 Å². The average Bonchev–Trinajstić information content (AvgIpc) is 2.59. The molecule has 0 aliphatic carbocycles. The van der Waals surface area contributed by atoms with Gasteiger partial charge in [-0.2, -0.15) is 0 Å². The van der Waals surface area contributed by atoms with Crippen LogP contribution in [-0.2, 0) is 32.3 Å². The summed E-state index contributed by atoms with van der Waals surface area (Å²) in [5.74, 6) is -1.33. The van der Waals surface area contributed by atoms with Crippen molar-refractivity contribution >= 4 is 27.9 Å². The molecule has 0 atom stereocenters. The molecule has 2 rings (SSSR count). The van der Waals surface area contributed by atoms with Gasteiger partial charge in [-0.3, -0.25) is 0 Å². The van der Waals surface area contributed by atoms with E-state index in [2.05, 4.69) is 15.9 Å². The molecule has 120 valence electrons. The van der Waals surface area contributed by atoms with Crippen molar-refractivity contribution in [1.82, 2.24) is 0 Å². The van der Waals surface area contributed by atoms with Crippen LogP contribution >= 0.6 is 15.9 Å². The molecule has 0 aliphatic heterocycles. The summed E-state index contributed by atoms with van der Waals surface area (Å²) in [4.78, 5) is 23.2. The first-order valence-corrected chi connectivity index (χ1v) is 7.59. The molecule has 0 bridgehead atoms. The van der Waals surface area contributed by atoms with Gasteiger partial charge in [-0.25, -0.2) is 9.59 Å². The molecule has 2 aromatic rings. The first kappa shape index (κ1) is 17.0. The van der Waals surface area contributed by atoms with Crippen LogP contribution in [0.25, 0.3) is 0 Å². The zero-order valence-electron chi connectivity index (χ0n) is 12.5. The topological polar surface area (TPSA) is 61.8 Å². The second kappa shape index (κ2) is 8.33. The monoisotopic (exact) mass is 378 g/mol. The van der Waals surface area contributed by atoms with Crippen LogP contribution in [0.4, 0.5) is 0 Å². The highest BCUT2D eigenvalue weighted by atomic mass is 79.9. The van der Waals surface area contributed by atoms with E-state index in [1.165, 1.54) is 0 Å². The Bertz CT molecular complexity index is 664. The van der Waals surface area contributed by atoms with Crippen LogP contribution in [-0.4, -0.2) is 19.0 Å². The summed E-state index contributed by atoms with van der Waals surface area (Å²) >= 11 is 3.31. The van der Waals surface area contributed by atoms with Crippen molar-refractivity contribution < 1.29 is 23.8 Å². The molecule has 0 radical (unpaired) electrons. The molecule has 2 aromatic carbocycles. The number of rotatable bonds is 5. The summed E-state index contributed by atoms with van der Waals surface area (Å²) in [5, 5.41) is 0. The highest BCUT2D eigenvalue weighted by molar-refractivity contribution is 9.10. The van der Waals surface area contributed by atoms with Gasteiger partial charge >= 0.3 is 11.9 Å². The summed E-state index contributed by atoms with van der Waals surface area (Å²) in [6.07, 6.45) is 0. The molecule has 0 aromatic heterocycles. The molecular formula is C17H15BrO5. The van der Waals surface area contributed by atoms with E-state index in [-0.39, 0.29) is 13.2 Å². The lowest BCUT2D eigenvalue weighted by atomic mass is 10.2. The maximum absolute atomic E-state index is 11.6. The summed E-state index contributed by atoms with van der Waals surface area (Å²) in [6, 6.07) is 14.2. The molecule has 0 aliphatic rings. The van der Waals surface area contributed by atoms with Crippen molar-refractivity contribution in [3.05, 3.63) is 64.1 Å². The van der Waals surface area contributed by atoms with Crippen LogP contribution in [0.15, 0.2) is 53.0 Å². The number of halogens is 1. The molecule has 6 heteroatoms. The number of hydrogen-bond acceptors (Lipinski definition) is 5. The van der Waals surface area contributed by atoms with Crippen molar-refractivity contribution in [3.8, 4) is 5.75 Å². The van der Waals surface area contributed by atoms with Gasteiger partial charge in [-0.05, 0) is 35.4 Å². The Morgan fingerprint density at radius 2 is 1.26 bits per heavy atom. The van der Waals surface area contributed by atoms with Gasteiger partial charge in [-0.1, -0.05) is 40.2 Å². The van der Waals surface area contributed by atoms with Gasteiger partial charge in [-0.15, -0.1) is 0 Å². The second-order valence-corrected chi connectivity index (χ2v) is 5.54. The third-order valence-corrected chi connectivity index (χ3v) is 3.51. The van der Waals surface area contributed by atoms with Gasteiger partial charge in [0.2, 0.25) is 0 Å². The number of hydrogen-bond donors (Lipinski definition) is 0. The largest absolute Gasteiger partial charge is 0.497 e. The second-order valence-electron chi connectivity index (χ2n) is 4.63. The molecule has 0 spiro atoms. The minimum Gasteiger partial charge on any atom is -0.497 e. The Kier molecular flexibility index (Phi) is 6.17. The van der Waals surface area contributed by atoms with E-state index in [1.54, 1.807) is 43.5 Å². The molecule has 0 fully saturated rings. The van der Waals surface area contributed by atoms with Gasteiger partial charge in [0.25, 0.3) is 0 Å². The molecule has 0 amide bonds. The van der Waals surface area contributed by atoms with Gasteiger partial charge < -0.3 is 14.2 Å². The predicted molar refractivity (Wildman–Crippen MR) is 86.7 cm³/mol. The van der Waals surface area contributed by atoms with Gasteiger partial charge in [0, 0.05) is 4.47 Å². The van der Waals surface area contributed by atoms with E-state index in [4.69, 9.17) is 14.2 Å². The summed E-state index contributed by atoms with van der Waals surface area (Å²) in [6.45, 7) is 0.0138. The quantitative estimate of drug-likeness (QED) is 0.590. The summed E-state index contributed by atoms with van der Waals surface area (Å²) in [5.41, 5.74) is 1.53. The van der Waals surface area contributed by atoms with E-state index in [9.17, 15) is 9.59 Å². The molecule has 0 saturated heterocycles. The maximum atomic E-state index is 11.6. The third kappa shape index (κ3) is 5.41. The lowest BCUT2D eigenvalue weighted by Crippen LogP contribution is -2.20. The van der Waals surface area contributed by atoms with Crippen molar-refractivity contribution in [2.45, 2.75) is 13.2 Å². The Labute approximate surface area is 142 Å². The summed E-state index contributed by atoms with van der Waals surface area (Å²) < 4.78 is 15.8. The van der Waals surface area contributed by atoms with Crippen LogP contribution in [0.3, 0.4) is 0 Å². The highest BCUT2D eigenvalue weighted by Gasteiger charge is 2.17. The minimum absolute atomic E-state index is 0.00376. The number of methoxy groups -OCH3 is 1. The van der Waals surface area contributed by atoms with Gasteiger partial charge in [0.05, 0.1) is 7.11 Å². The lowest BCUT2D eigenvalue weighted by Gasteiger charge is -2.06. The zero-order chi connectivity index (χ0) is 16.7. The third-order valence-electron chi connectivity index (χ3n) is 2.98. The van der Waals surface area contributed by atoms with Crippen molar-refractivity contribution in [2.75, 3.05) is 7.11 Å². The predicted octanol–water partition coefficient (Wildman–Crippen LogP) is 3.24. The Balaban J connectivity index is 1.77. The average molecular weight is 379 g/mol. The molecule has 0 saturated carbocycles. The summed E-state index contributed by atoms with van der Waals surface area (Å²) in [7, 11) is 1.57. The molecule has 0 heterocycles. The van der Waals surface area contributed by atoms with E-state index in [0.717, 1.165) is 15.6 Å². The lowest BCUT2D eigenvalue weighted by molar-refractivity contribution is -0.169. The van der Waals surface area contributed by atoms with E-state index in [1.807, 2.05) is 12.1 Å². The number of benzene rings is 2. The number of carbonyl (C=O) groups is 2. The first-order chi connectivity index (χ1) is 11.1. The van der Waals surface area contributed by atoms with Crippen LogP contribution in [0, 0.1) is 0 Å². The van der Waals surface area contributed by atoms with E-state index in [0.29, 0.717) is 5.75 Å². The highest BCUT2D eigenvalue weighted by Crippen LogP contribution is 2.13. The van der Waals surface area contributed by atoms with Crippen LogP contribution in [0.1, 0.15) is 11.1 Å². The number of carbonyl (C=O) groups excluding carboxylic acids is 2. The smallest absolute Gasteiger partial charge is 0.417 e. The van der Waals surface area contributed by atoms with Crippen molar-refractivity contribution in [3.63, 3.8) is 0 Å². The Morgan fingerprint density at radius 1 is 0.826 bits per heavy atom. The Hall–Kier alpha value is -2.34. The number of esters is 2. The standard InChI is InChI=1S/C17H15BrO5/c1-21-15-8-4-13(5-9-15)11-23-17(20)16(19)22-10-12-2-6-14(18)7-3-12/h2-9H,10-11H2,1H3. The molecule has 5 nitrogen and oxygen atoms in total. The number of ether oxygens (including phenoxy) is 3. The fourth-order valence-corrected chi connectivity index (χ4v) is 1.98. The maximum Gasteiger partial charge on any atom is 0.417 e. The van der Waals surface area contributed by atoms with Crippen molar-refractivity contribution in [2.24, 2.45) is 0 Å². The van der Waals surface area contributed by atoms with Crippen LogP contribution in [0.5, 0.6) is 5.75 Å². The molecule has 0 N–H and O–H groups in total. The van der Waals surface area contributed by atoms with Crippen LogP contribution < -0.4 is 4.74 Å². The normalized spacial score (nSPS) is 10.0. The van der Waals surface area contributed by atoms with E-state index >= 15 is 0 Å². The SMILES string of the molecule is COc1ccc(COC(=O)C(=O)OCc2ccc(Br)cc2)cc1. The zero-order valence-corrected chi connectivity index (χ0v) is 14.0. The molecule has 23 heavy (non-hydrogen) atoms. The van der Waals surface area contributed by atoms with Crippen molar-refractivity contribution in [1.29, 1.82) is 0 Å².